The molecular weight excluding hydrogens is 592 g/mol. The Balaban J connectivity index is 1.51. The topological polar surface area (TPSA) is 87.3 Å². The maximum atomic E-state index is 14.7. The molecule has 3 N–H and O–H groups in total. The molecule has 2 unspecified atom stereocenters. The van der Waals surface area contributed by atoms with Crippen LogP contribution in [0.1, 0.15) is 21.8 Å². The van der Waals surface area contributed by atoms with Gasteiger partial charge in [-0.25, -0.2) is 13.2 Å². The number of alkyl halides is 4. The van der Waals surface area contributed by atoms with Crippen LogP contribution in [0.3, 0.4) is 0 Å². The molecule has 1 aliphatic rings. The number of nitrogens with one attached hydrogen (secondary N) is 3. The van der Waals surface area contributed by atoms with Crippen molar-refractivity contribution in [3.63, 3.8) is 0 Å². The Morgan fingerprint density at radius 2 is 1.62 bits per heavy atom. The van der Waals surface area contributed by atoms with Gasteiger partial charge in [0.25, 0.3) is 11.8 Å². The highest BCUT2D eigenvalue weighted by Gasteiger charge is 2.67. The van der Waals surface area contributed by atoms with Crippen LogP contribution in [-0.4, -0.2) is 28.5 Å². The molecule has 0 heterocycles. The molecule has 0 radical (unpaired) electrons. The maximum Gasteiger partial charge on any atom is 0.315 e. The van der Waals surface area contributed by atoms with Gasteiger partial charge in [-0.3, -0.25) is 14.4 Å². The fourth-order valence-electron chi connectivity index (χ4n) is 3.90. The molecule has 1 aliphatic carbocycles. The predicted molar refractivity (Wildman–Crippen MR) is 136 cm³/mol. The molecule has 0 spiro atoms. The summed E-state index contributed by atoms with van der Waals surface area (Å²) in [6.45, 7) is 0. The van der Waals surface area contributed by atoms with Crippen LogP contribution >= 0.6 is 34.8 Å². The van der Waals surface area contributed by atoms with Gasteiger partial charge in [0.1, 0.15) is 21.7 Å². The number of carbonyl (C=O) groups excluding carboxylic acids is 3. The minimum atomic E-state index is -3.54. The van der Waals surface area contributed by atoms with Gasteiger partial charge in [0.2, 0.25) is 5.91 Å². The van der Waals surface area contributed by atoms with Crippen LogP contribution in [0.2, 0.25) is 5.02 Å². The summed E-state index contributed by atoms with van der Waals surface area (Å²) in [7, 11) is 0. The van der Waals surface area contributed by atoms with Crippen LogP contribution < -0.4 is 16.0 Å². The maximum absolute atomic E-state index is 14.7. The van der Waals surface area contributed by atoms with Gasteiger partial charge in [-0.05, 0) is 48.0 Å². The number of hydrogen-bond acceptors (Lipinski definition) is 3. The van der Waals surface area contributed by atoms with E-state index in [9.17, 15) is 36.3 Å². The minimum absolute atomic E-state index is 0.0769. The molecule has 14 heteroatoms. The van der Waals surface area contributed by atoms with E-state index in [1.54, 1.807) is 6.07 Å². The van der Waals surface area contributed by atoms with Gasteiger partial charge in [0.15, 0.2) is 5.82 Å². The number of halogens is 8. The van der Waals surface area contributed by atoms with Gasteiger partial charge >= 0.3 is 6.43 Å². The molecule has 3 aromatic rings. The van der Waals surface area contributed by atoms with E-state index in [0.29, 0.717) is 11.6 Å². The summed E-state index contributed by atoms with van der Waals surface area (Å²) in [4.78, 5) is 36.9. The van der Waals surface area contributed by atoms with Crippen molar-refractivity contribution >= 4 is 69.6 Å². The van der Waals surface area contributed by atoms with E-state index >= 15 is 0 Å². The Labute approximate surface area is 232 Å². The molecule has 4 rings (SSSR count). The van der Waals surface area contributed by atoms with E-state index in [1.165, 1.54) is 35.6 Å². The quantitative estimate of drug-likeness (QED) is 0.206. The highest BCUT2D eigenvalue weighted by Crippen LogP contribution is 2.65. The van der Waals surface area contributed by atoms with Crippen LogP contribution in [0.25, 0.3) is 0 Å². The summed E-state index contributed by atoms with van der Waals surface area (Å²) in [5.74, 6) is -8.65. The van der Waals surface area contributed by atoms with Crippen LogP contribution in [0, 0.1) is 23.4 Å². The molecule has 1 fully saturated rings. The summed E-state index contributed by atoms with van der Waals surface area (Å²) < 4.78 is 65.7. The summed E-state index contributed by atoms with van der Waals surface area (Å²) in [5, 5.41) is 5.93. The molecule has 3 amide bonds. The van der Waals surface area contributed by atoms with Crippen molar-refractivity contribution in [2.75, 3.05) is 16.0 Å². The van der Waals surface area contributed by atoms with E-state index in [4.69, 9.17) is 34.8 Å². The highest BCUT2D eigenvalue weighted by molar-refractivity contribution is 6.53. The van der Waals surface area contributed by atoms with Gasteiger partial charge in [-0.15, -0.1) is 23.2 Å². The number of carbonyl (C=O) groups is 3. The third kappa shape index (κ3) is 5.95. The first-order valence-electron chi connectivity index (χ1n) is 10.9. The summed E-state index contributed by atoms with van der Waals surface area (Å²) in [5.41, 5.74) is -1.60. The normalized spacial score (nSPS) is 17.5. The van der Waals surface area contributed by atoms with E-state index in [0.717, 1.165) is 12.1 Å². The van der Waals surface area contributed by atoms with Crippen molar-refractivity contribution in [1.29, 1.82) is 0 Å². The lowest BCUT2D eigenvalue weighted by molar-refractivity contribution is -0.126. The SMILES string of the molecule is O=C(Nc1ccc(F)c(NC(=O)C(F)F)c1F)c1cc(NC(=O)C2C(c3cccc(F)c3)C2(Cl)Cl)ccc1Cl. The van der Waals surface area contributed by atoms with E-state index < -0.39 is 69.1 Å². The molecule has 1 saturated carbocycles. The summed E-state index contributed by atoms with van der Waals surface area (Å²) in [6.07, 6.45) is -3.54. The lowest BCUT2D eigenvalue weighted by atomic mass is 10.1. The zero-order valence-electron chi connectivity index (χ0n) is 19.2. The van der Waals surface area contributed by atoms with Gasteiger partial charge in [0, 0.05) is 11.6 Å². The van der Waals surface area contributed by atoms with Crippen LogP contribution in [-0.2, 0) is 9.59 Å². The summed E-state index contributed by atoms with van der Waals surface area (Å²) >= 11 is 18.6. The van der Waals surface area contributed by atoms with Gasteiger partial charge < -0.3 is 16.0 Å². The number of hydrogen-bond donors (Lipinski definition) is 3. The smallest absolute Gasteiger partial charge is 0.315 e. The molecule has 204 valence electrons. The monoisotopic (exact) mass is 605 g/mol. The largest absolute Gasteiger partial charge is 0.326 e. The first-order chi connectivity index (χ1) is 18.3. The lowest BCUT2D eigenvalue weighted by Crippen LogP contribution is -2.22. The van der Waals surface area contributed by atoms with Crippen molar-refractivity contribution < 1.29 is 36.3 Å². The molecule has 0 saturated heterocycles. The summed E-state index contributed by atoms with van der Waals surface area (Å²) in [6, 6.07) is 10.7. The van der Waals surface area contributed by atoms with E-state index in [-0.39, 0.29) is 16.3 Å². The molecule has 39 heavy (non-hydrogen) atoms. The standard InChI is InChI=1S/C25H15Cl3F5N3O3/c26-14-5-4-12(34-23(38)18-17(25(18,27)28)10-2-1-3-11(29)8-10)9-13(14)22(37)35-16-7-6-15(30)20(19(16)31)36-24(39)21(32)33/h1-9,17-18,21H,(H,34,38)(H,35,37)(H,36,39). The molecule has 0 aliphatic heterocycles. The molecule has 0 aromatic heterocycles. The number of amides is 3. The predicted octanol–water partition coefficient (Wildman–Crippen LogP) is 6.74. The molecule has 0 bridgehead atoms. The van der Waals surface area contributed by atoms with E-state index in [2.05, 4.69) is 10.6 Å². The average Bonchev–Trinajstić information content (AvgIpc) is 3.46. The highest BCUT2D eigenvalue weighted by atomic mass is 35.5. The van der Waals surface area contributed by atoms with Crippen LogP contribution in [0.4, 0.5) is 39.0 Å². The number of rotatable bonds is 7. The first kappa shape index (κ1) is 28.6. The lowest BCUT2D eigenvalue weighted by Gasteiger charge is -2.13. The molecule has 3 aromatic carbocycles. The van der Waals surface area contributed by atoms with Crippen molar-refractivity contribution in [3.05, 3.63) is 88.2 Å². The first-order valence-corrected chi connectivity index (χ1v) is 12.1. The van der Waals surface area contributed by atoms with Crippen molar-refractivity contribution in [3.8, 4) is 0 Å². The van der Waals surface area contributed by atoms with Crippen molar-refractivity contribution in [2.45, 2.75) is 16.7 Å². The number of benzene rings is 3. The fraction of sp³-hybridized carbons (Fsp3) is 0.160. The minimum Gasteiger partial charge on any atom is -0.326 e. The second kappa shape index (κ2) is 11.0. The van der Waals surface area contributed by atoms with Crippen LogP contribution in [0.15, 0.2) is 54.6 Å². The second-order valence-corrected chi connectivity index (χ2v) is 10.2. The Kier molecular flexibility index (Phi) is 8.06. The van der Waals surface area contributed by atoms with Gasteiger partial charge in [-0.1, -0.05) is 23.7 Å². The zero-order chi connectivity index (χ0) is 28.6. The van der Waals surface area contributed by atoms with E-state index in [1.807, 2.05) is 0 Å². The Morgan fingerprint density at radius 3 is 2.28 bits per heavy atom. The van der Waals surface area contributed by atoms with Gasteiger partial charge in [0.05, 0.1) is 22.2 Å². The van der Waals surface area contributed by atoms with Crippen molar-refractivity contribution in [1.82, 2.24) is 0 Å². The average molecular weight is 607 g/mol. The Morgan fingerprint density at radius 1 is 0.897 bits per heavy atom. The van der Waals surface area contributed by atoms with Crippen molar-refractivity contribution in [2.24, 2.45) is 5.92 Å². The van der Waals surface area contributed by atoms with Gasteiger partial charge in [-0.2, -0.15) is 8.78 Å². The molecular formula is C25H15Cl3F5N3O3. The zero-order valence-corrected chi connectivity index (χ0v) is 21.4. The third-order valence-corrected chi connectivity index (χ3v) is 7.08. The second-order valence-electron chi connectivity index (χ2n) is 8.40. The Hall–Kier alpha value is -3.41. The molecule has 2 atom stereocenters. The number of anilines is 3. The fourth-order valence-corrected chi connectivity index (χ4v) is 4.93. The molecule has 6 nitrogen and oxygen atoms in total. The van der Waals surface area contributed by atoms with Crippen LogP contribution in [0.5, 0.6) is 0 Å². The Bertz CT molecular complexity index is 1490. The third-order valence-electron chi connectivity index (χ3n) is 5.81.